The van der Waals surface area contributed by atoms with E-state index < -0.39 is 16.1 Å². The number of aliphatic hydroxyl groups excluding tert-OH is 1. The van der Waals surface area contributed by atoms with Crippen LogP contribution in [-0.2, 0) is 16.4 Å². The van der Waals surface area contributed by atoms with Crippen molar-refractivity contribution in [1.29, 1.82) is 0 Å². The monoisotopic (exact) mass is 295 g/mol. The van der Waals surface area contributed by atoms with Crippen LogP contribution < -0.4 is 4.72 Å². The van der Waals surface area contributed by atoms with Crippen molar-refractivity contribution >= 4 is 10.0 Å². The highest BCUT2D eigenvalue weighted by Gasteiger charge is 2.22. The first-order chi connectivity index (χ1) is 9.56. The van der Waals surface area contributed by atoms with E-state index in [9.17, 15) is 13.5 Å². The number of aromatic amines is 1. The van der Waals surface area contributed by atoms with E-state index in [0.29, 0.717) is 17.8 Å². The van der Waals surface area contributed by atoms with E-state index >= 15 is 0 Å². The summed E-state index contributed by atoms with van der Waals surface area (Å²) >= 11 is 0. The van der Waals surface area contributed by atoms with Gasteiger partial charge in [0.1, 0.15) is 5.82 Å². The van der Waals surface area contributed by atoms with Gasteiger partial charge in [-0.3, -0.25) is 0 Å². The summed E-state index contributed by atoms with van der Waals surface area (Å²) in [7, 11) is -3.74. The van der Waals surface area contributed by atoms with E-state index in [-0.39, 0.29) is 11.6 Å². The van der Waals surface area contributed by atoms with Crippen molar-refractivity contribution in [3.05, 3.63) is 47.9 Å². The van der Waals surface area contributed by atoms with Crippen LogP contribution in [0, 0.1) is 0 Å². The van der Waals surface area contributed by atoms with E-state index in [1.807, 2.05) is 13.0 Å². The summed E-state index contributed by atoms with van der Waals surface area (Å²) in [5.74, 6) is 0.602. The van der Waals surface area contributed by atoms with Gasteiger partial charge >= 0.3 is 0 Å². The van der Waals surface area contributed by atoms with Gasteiger partial charge < -0.3 is 10.1 Å². The molecule has 0 fully saturated rings. The molecule has 2 rings (SSSR count). The first-order valence-electron chi connectivity index (χ1n) is 6.29. The average molecular weight is 295 g/mol. The summed E-state index contributed by atoms with van der Waals surface area (Å²) in [6.07, 6.45) is 1.90. The molecule has 20 heavy (non-hydrogen) atoms. The minimum atomic E-state index is -3.74. The quantitative estimate of drug-likeness (QED) is 0.740. The van der Waals surface area contributed by atoms with Gasteiger partial charge in [0.25, 0.3) is 10.0 Å². The molecule has 1 unspecified atom stereocenters. The van der Waals surface area contributed by atoms with Gasteiger partial charge in [-0.2, -0.15) is 0 Å². The number of aryl methyl sites for hydroxylation is 1. The van der Waals surface area contributed by atoms with Crippen LogP contribution in [0.5, 0.6) is 0 Å². The van der Waals surface area contributed by atoms with Crippen LogP contribution in [0.25, 0.3) is 0 Å². The number of nitrogens with one attached hydrogen (secondary N) is 2. The second-order valence-corrected chi connectivity index (χ2v) is 6.00. The van der Waals surface area contributed by atoms with Gasteiger partial charge in [-0.15, -0.1) is 0 Å². The number of hydrogen-bond acceptors (Lipinski definition) is 4. The van der Waals surface area contributed by atoms with Crippen molar-refractivity contribution in [2.75, 3.05) is 6.61 Å². The third kappa shape index (κ3) is 3.24. The van der Waals surface area contributed by atoms with E-state index in [2.05, 4.69) is 14.7 Å². The number of aliphatic hydroxyl groups is 1. The number of imidazole rings is 1. The molecule has 6 nitrogen and oxygen atoms in total. The lowest BCUT2D eigenvalue weighted by atomic mass is 10.1. The Morgan fingerprint density at radius 1 is 1.35 bits per heavy atom. The van der Waals surface area contributed by atoms with Crippen molar-refractivity contribution in [2.45, 2.75) is 24.4 Å². The highest BCUT2D eigenvalue weighted by Crippen LogP contribution is 2.16. The topological polar surface area (TPSA) is 95.1 Å². The molecule has 0 radical (unpaired) electrons. The number of benzene rings is 1. The second kappa shape index (κ2) is 6.17. The van der Waals surface area contributed by atoms with Crippen molar-refractivity contribution in [3.63, 3.8) is 0 Å². The molecule has 1 aromatic carbocycles. The number of hydrogen-bond donors (Lipinski definition) is 3. The second-order valence-electron chi connectivity index (χ2n) is 4.31. The zero-order valence-corrected chi connectivity index (χ0v) is 11.9. The fourth-order valence-electron chi connectivity index (χ4n) is 1.81. The van der Waals surface area contributed by atoms with Gasteiger partial charge in [-0.25, -0.2) is 18.1 Å². The molecule has 1 aromatic heterocycles. The van der Waals surface area contributed by atoms with Gasteiger partial charge in [0.05, 0.1) is 18.8 Å². The lowest BCUT2D eigenvalue weighted by molar-refractivity contribution is 0.259. The average Bonchev–Trinajstić information content (AvgIpc) is 2.95. The Balaban J connectivity index is 2.22. The SMILES string of the molecule is CCc1ncc(S(=O)(=O)NC(CO)c2ccccc2)[nH]1. The Morgan fingerprint density at radius 2 is 2.05 bits per heavy atom. The Labute approximate surface area is 117 Å². The summed E-state index contributed by atoms with van der Waals surface area (Å²) in [4.78, 5) is 6.71. The first-order valence-corrected chi connectivity index (χ1v) is 7.77. The molecule has 108 valence electrons. The number of nitrogens with zero attached hydrogens (tertiary/aromatic N) is 1. The molecule has 1 heterocycles. The maximum absolute atomic E-state index is 12.2. The van der Waals surface area contributed by atoms with Crippen LogP contribution >= 0.6 is 0 Å². The predicted octanol–water partition coefficient (Wildman–Crippen LogP) is 0.984. The number of H-pyrrole nitrogens is 1. The molecule has 3 N–H and O–H groups in total. The maximum atomic E-state index is 12.2. The van der Waals surface area contributed by atoms with Crippen molar-refractivity contribution < 1.29 is 13.5 Å². The lowest BCUT2D eigenvalue weighted by Crippen LogP contribution is -2.31. The van der Waals surface area contributed by atoms with Crippen LogP contribution in [-0.4, -0.2) is 30.1 Å². The van der Waals surface area contributed by atoms with Crippen molar-refractivity contribution in [2.24, 2.45) is 0 Å². The fraction of sp³-hybridized carbons (Fsp3) is 0.308. The molecule has 2 aromatic rings. The molecule has 0 aliphatic carbocycles. The molecule has 0 bridgehead atoms. The summed E-state index contributed by atoms with van der Waals surface area (Å²) in [5.41, 5.74) is 0.703. The molecule has 0 aliphatic rings. The molecule has 0 amide bonds. The summed E-state index contributed by atoms with van der Waals surface area (Å²) in [6, 6.07) is 8.24. The van der Waals surface area contributed by atoms with E-state index in [0.717, 1.165) is 0 Å². The van der Waals surface area contributed by atoms with Crippen LogP contribution in [0.1, 0.15) is 24.4 Å². The zero-order chi connectivity index (χ0) is 14.6. The largest absolute Gasteiger partial charge is 0.394 e. The Kier molecular flexibility index (Phi) is 4.53. The molecule has 1 atom stereocenters. The molecular formula is C13H17N3O3S. The standard InChI is InChI=1S/C13H17N3O3S/c1-2-12-14-8-13(15-12)20(18,19)16-11(9-17)10-6-4-3-5-7-10/h3-8,11,16-17H,2,9H2,1H3,(H,14,15). The van der Waals surface area contributed by atoms with Gasteiger partial charge in [-0.05, 0) is 5.56 Å². The van der Waals surface area contributed by atoms with Crippen molar-refractivity contribution in [3.8, 4) is 0 Å². The van der Waals surface area contributed by atoms with E-state index in [4.69, 9.17) is 0 Å². The molecule has 0 aliphatic heterocycles. The van der Waals surface area contributed by atoms with Gasteiger partial charge in [-0.1, -0.05) is 37.3 Å². The van der Waals surface area contributed by atoms with Gasteiger partial charge in [0, 0.05) is 6.42 Å². The highest BCUT2D eigenvalue weighted by molar-refractivity contribution is 7.89. The smallest absolute Gasteiger partial charge is 0.258 e. The minimum Gasteiger partial charge on any atom is -0.394 e. The minimum absolute atomic E-state index is 0.00345. The molecule has 0 spiro atoms. The lowest BCUT2D eigenvalue weighted by Gasteiger charge is -2.15. The fourth-order valence-corrected chi connectivity index (χ4v) is 2.96. The van der Waals surface area contributed by atoms with Gasteiger partial charge in [0.2, 0.25) is 0 Å². The molecular weight excluding hydrogens is 278 g/mol. The zero-order valence-electron chi connectivity index (χ0n) is 11.1. The molecule has 0 saturated carbocycles. The van der Waals surface area contributed by atoms with Crippen LogP contribution in [0.3, 0.4) is 0 Å². The summed E-state index contributed by atoms with van der Waals surface area (Å²) in [5, 5.41) is 9.39. The normalized spacial score (nSPS) is 13.3. The summed E-state index contributed by atoms with van der Waals surface area (Å²) < 4.78 is 26.9. The predicted molar refractivity (Wildman–Crippen MR) is 74.6 cm³/mol. The van der Waals surface area contributed by atoms with Crippen LogP contribution in [0.15, 0.2) is 41.6 Å². The third-order valence-electron chi connectivity index (χ3n) is 2.91. The molecule has 0 saturated heterocycles. The first kappa shape index (κ1) is 14.7. The van der Waals surface area contributed by atoms with Crippen LogP contribution in [0.2, 0.25) is 0 Å². The van der Waals surface area contributed by atoms with E-state index in [1.165, 1.54) is 6.20 Å². The van der Waals surface area contributed by atoms with Gasteiger partial charge in [0.15, 0.2) is 5.03 Å². The number of aromatic nitrogens is 2. The number of rotatable bonds is 6. The number of sulfonamides is 1. The Bertz CT molecular complexity index is 653. The Hall–Kier alpha value is -1.70. The van der Waals surface area contributed by atoms with Crippen molar-refractivity contribution in [1.82, 2.24) is 14.7 Å². The highest BCUT2D eigenvalue weighted by atomic mass is 32.2. The Morgan fingerprint density at radius 3 is 2.60 bits per heavy atom. The molecule has 7 heteroatoms. The third-order valence-corrected chi connectivity index (χ3v) is 4.29. The van der Waals surface area contributed by atoms with Crippen LogP contribution in [0.4, 0.5) is 0 Å². The summed E-state index contributed by atoms with van der Waals surface area (Å²) in [6.45, 7) is 1.56. The van der Waals surface area contributed by atoms with E-state index in [1.54, 1.807) is 24.3 Å². The maximum Gasteiger partial charge on any atom is 0.258 e.